The lowest BCUT2D eigenvalue weighted by Crippen LogP contribution is -2.00. The van der Waals surface area contributed by atoms with E-state index in [4.69, 9.17) is 37.8 Å². The molecule has 3 aromatic rings. The summed E-state index contributed by atoms with van der Waals surface area (Å²) in [6.07, 6.45) is -0.117. The molecule has 0 saturated carbocycles. The molecule has 0 aliphatic rings. The van der Waals surface area contributed by atoms with Crippen LogP contribution in [0.4, 0.5) is 0 Å². The van der Waals surface area contributed by atoms with Crippen LogP contribution in [0.15, 0.2) is 60.7 Å². The average Bonchev–Trinajstić information content (AvgIpc) is 2.61. The molecule has 1 N–H and O–H groups in total. The fourth-order valence-electron chi connectivity index (χ4n) is 2.67. The highest BCUT2D eigenvalue weighted by Gasteiger charge is 2.09. The van der Waals surface area contributed by atoms with E-state index in [1.165, 1.54) is 7.11 Å². The fourth-order valence-corrected chi connectivity index (χ4v) is 3.19. The van der Waals surface area contributed by atoms with Crippen molar-refractivity contribution < 1.29 is 19.4 Å². The summed E-state index contributed by atoms with van der Waals surface area (Å²) in [6.45, 7) is 0. The first-order valence-corrected chi connectivity index (χ1v) is 8.83. The van der Waals surface area contributed by atoms with Crippen LogP contribution >= 0.6 is 23.2 Å². The van der Waals surface area contributed by atoms with Crippen LogP contribution in [-0.4, -0.2) is 18.2 Å². The SMILES string of the molecule is COc1cc(CC(=O)O)cc(Oc2cccc(-c3ccc(Cl)cc3Cl)c2)c1. The van der Waals surface area contributed by atoms with Crippen LogP contribution in [0.1, 0.15) is 5.56 Å². The molecule has 4 nitrogen and oxygen atoms in total. The van der Waals surface area contributed by atoms with Gasteiger partial charge in [0.05, 0.1) is 13.5 Å². The molecule has 0 spiro atoms. The number of ether oxygens (including phenoxy) is 2. The summed E-state index contributed by atoms with van der Waals surface area (Å²) in [5, 5.41) is 10.1. The number of rotatable bonds is 6. The first-order valence-electron chi connectivity index (χ1n) is 8.07. The maximum absolute atomic E-state index is 11.0. The van der Waals surface area contributed by atoms with Gasteiger partial charge in [0.2, 0.25) is 0 Å². The molecule has 0 unspecified atom stereocenters. The third-order valence-electron chi connectivity index (χ3n) is 3.84. The van der Waals surface area contributed by atoms with Crippen LogP contribution in [0.2, 0.25) is 10.0 Å². The van der Waals surface area contributed by atoms with Gasteiger partial charge in [0.25, 0.3) is 0 Å². The molecule has 0 saturated heterocycles. The van der Waals surface area contributed by atoms with Crippen molar-refractivity contribution in [3.8, 4) is 28.4 Å². The zero-order valence-electron chi connectivity index (χ0n) is 14.4. The molecule has 0 aliphatic carbocycles. The van der Waals surface area contributed by atoms with Gasteiger partial charge >= 0.3 is 5.97 Å². The molecule has 0 amide bonds. The Labute approximate surface area is 166 Å². The van der Waals surface area contributed by atoms with Crippen molar-refractivity contribution in [2.75, 3.05) is 7.11 Å². The predicted molar refractivity (Wildman–Crippen MR) is 106 cm³/mol. The smallest absolute Gasteiger partial charge is 0.307 e. The molecule has 6 heteroatoms. The second-order valence-corrected chi connectivity index (χ2v) is 6.69. The van der Waals surface area contributed by atoms with E-state index in [2.05, 4.69) is 0 Å². The van der Waals surface area contributed by atoms with Gasteiger partial charge in [-0.25, -0.2) is 0 Å². The maximum atomic E-state index is 11.0. The van der Waals surface area contributed by atoms with Gasteiger partial charge in [-0.05, 0) is 47.5 Å². The number of hydrogen-bond acceptors (Lipinski definition) is 3. The summed E-state index contributed by atoms with van der Waals surface area (Å²) in [5.41, 5.74) is 2.31. The van der Waals surface area contributed by atoms with Crippen LogP contribution in [0.5, 0.6) is 17.2 Å². The van der Waals surface area contributed by atoms with E-state index in [0.717, 1.165) is 11.1 Å². The summed E-state index contributed by atoms with van der Waals surface area (Å²) in [5.74, 6) is 0.687. The molecule has 0 atom stereocenters. The number of methoxy groups -OCH3 is 1. The normalized spacial score (nSPS) is 10.5. The third-order valence-corrected chi connectivity index (χ3v) is 4.39. The van der Waals surface area contributed by atoms with Crippen LogP contribution in [-0.2, 0) is 11.2 Å². The van der Waals surface area contributed by atoms with Crippen molar-refractivity contribution in [2.45, 2.75) is 6.42 Å². The first-order chi connectivity index (χ1) is 12.9. The topological polar surface area (TPSA) is 55.8 Å². The summed E-state index contributed by atoms with van der Waals surface area (Å²) in [4.78, 5) is 11.0. The summed E-state index contributed by atoms with van der Waals surface area (Å²) in [7, 11) is 1.52. The molecule has 138 valence electrons. The number of carboxylic acids is 1. The van der Waals surface area contributed by atoms with E-state index < -0.39 is 5.97 Å². The van der Waals surface area contributed by atoms with Gasteiger partial charge in [-0.3, -0.25) is 4.79 Å². The van der Waals surface area contributed by atoms with Crippen molar-refractivity contribution in [2.24, 2.45) is 0 Å². The molecule has 27 heavy (non-hydrogen) atoms. The lowest BCUT2D eigenvalue weighted by Gasteiger charge is -2.11. The predicted octanol–water partition coefficient (Wildman–Crippen LogP) is 6.09. The zero-order chi connectivity index (χ0) is 19.4. The number of carboxylic acid groups (broad SMARTS) is 1. The van der Waals surface area contributed by atoms with Gasteiger partial charge in [-0.1, -0.05) is 41.4 Å². The number of aliphatic carboxylic acids is 1. The molecule has 0 radical (unpaired) electrons. The highest BCUT2D eigenvalue weighted by Crippen LogP contribution is 2.34. The molecule has 0 heterocycles. The molecule has 0 fully saturated rings. The van der Waals surface area contributed by atoms with Crippen LogP contribution < -0.4 is 9.47 Å². The summed E-state index contributed by atoms with van der Waals surface area (Å²) >= 11 is 12.2. The standard InChI is InChI=1S/C21H16Cl2O4/c1-26-17-7-13(9-21(24)25)8-18(12-17)27-16-4-2-3-14(10-16)19-6-5-15(22)11-20(19)23/h2-8,10-12H,9H2,1H3,(H,24,25). The van der Waals surface area contributed by atoms with Gasteiger partial charge in [-0.15, -0.1) is 0 Å². The average molecular weight is 403 g/mol. The largest absolute Gasteiger partial charge is 0.497 e. The van der Waals surface area contributed by atoms with Gasteiger partial charge in [0, 0.05) is 21.7 Å². The molecular weight excluding hydrogens is 387 g/mol. The number of hydrogen-bond donors (Lipinski definition) is 1. The zero-order valence-corrected chi connectivity index (χ0v) is 15.9. The molecule has 0 aromatic heterocycles. The van der Waals surface area contributed by atoms with E-state index in [0.29, 0.717) is 32.9 Å². The molecule has 0 aliphatic heterocycles. The Morgan fingerprint density at radius 1 is 0.963 bits per heavy atom. The number of halogens is 2. The van der Waals surface area contributed by atoms with Crippen LogP contribution in [0, 0.1) is 0 Å². The molecule has 3 rings (SSSR count). The van der Waals surface area contributed by atoms with Crippen LogP contribution in [0.3, 0.4) is 0 Å². The number of carbonyl (C=O) groups is 1. The lowest BCUT2D eigenvalue weighted by atomic mass is 10.1. The Hall–Kier alpha value is -2.69. The highest BCUT2D eigenvalue weighted by atomic mass is 35.5. The minimum atomic E-state index is -0.923. The Balaban J connectivity index is 1.91. The second-order valence-electron chi connectivity index (χ2n) is 5.84. The minimum absolute atomic E-state index is 0.117. The van der Waals surface area contributed by atoms with Crippen molar-refractivity contribution in [3.05, 3.63) is 76.3 Å². The Morgan fingerprint density at radius 3 is 2.44 bits per heavy atom. The van der Waals surface area contributed by atoms with Gasteiger partial charge in [-0.2, -0.15) is 0 Å². The van der Waals surface area contributed by atoms with Gasteiger partial charge < -0.3 is 14.6 Å². The molecule has 0 bridgehead atoms. The molecule has 3 aromatic carbocycles. The van der Waals surface area contributed by atoms with Gasteiger partial charge in [0.15, 0.2) is 0 Å². The second kappa shape index (κ2) is 8.33. The van der Waals surface area contributed by atoms with Gasteiger partial charge in [0.1, 0.15) is 17.2 Å². The quantitative estimate of drug-likeness (QED) is 0.541. The summed E-state index contributed by atoms with van der Waals surface area (Å²) in [6, 6.07) is 17.8. The van der Waals surface area contributed by atoms with Crippen molar-refractivity contribution >= 4 is 29.2 Å². The van der Waals surface area contributed by atoms with E-state index >= 15 is 0 Å². The van der Waals surface area contributed by atoms with Crippen molar-refractivity contribution in [3.63, 3.8) is 0 Å². The van der Waals surface area contributed by atoms with Crippen molar-refractivity contribution in [1.82, 2.24) is 0 Å². The Morgan fingerprint density at radius 2 is 1.74 bits per heavy atom. The van der Waals surface area contributed by atoms with Crippen molar-refractivity contribution in [1.29, 1.82) is 0 Å². The molecular formula is C21H16Cl2O4. The Kier molecular flexibility index (Phi) is 5.89. The Bertz CT molecular complexity index is 986. The van der Waals surface area contributed by atoms with E-state index in [1.807, 2.05) is 30.3 Å². The van der Waals surface area contributed by atoms with E-state index in [-0.39, 0.29) is 6.42 Å². The maximum Gasteiger partial charge on any atom is 0.307 e. The minimum Gasteiger partial charge on any atom is -0.497 e. The monoisotopic (exact) mass is 402 g/mol. The van der Waals surface area contributed by atoms with E-state index in [1.54, 1.807) is 30.3 Å². The van der Waals surface area contributed by atoms with E-state index in [9.17, 15) is 4.79 Å². The lowest BCUT2D eigenvalue weighted by molar-refractivity contribution is -0.136. The highest BCUT2D eigenvalue weighted by molar-refractivity contribution is 6.36. The van der Waals surface area contributed by atoms with Crippen LogP contribution in [0.25, 0.3) is 11.1 Å². The number of benzene rings is 3. The first kappa shape index (κ1) is 19.1. The third kappa shape index (κ3) is 4.94. The summed E-state index contributed by atoms with van der Waals surface area (Å²) < 4.78 is 11.2. The fraction of sp³-hybridized carbons (Fsp3) is 0.0952.